The molecule has 0 aliphatic carbocycles. The molecule has 0 bridgehead atoms. The molecule has 0 saturated heterocycles. The third-order valence-corrected chi connectivity index (χ3v) is 3.51. The summed E-state index contributed by atoms with van der Waals surface area (Å²) < 4.78 is 4.70. The first-order valence-electron chi connectivity index (χ1n) is 6.48. The van der Waals surface area contributed by atoms with E-state index in [0.29, 0.717) is 15.7 Å². The number of nitrogens with one attached hydrogen (secondary N) is 2. The topological polar surface area (TPSA) is 67.4 Å². The summed E-state index contributed by atoms with van der Waals surface area (Å²) in [4.78, 5) is 23.7. The first-order valence-corrected chi connectivity index (χ1v) is 7.24. The molecule has 2 amide bonds. The van der Waals surface area contributed by atoms with E-state index in [1.165, 1.54) is 7.11 Å². The summed E-state index contributed by atoms with van der Waals surface area (Å²) in [6.07, 6.45) is 0.725. The zero-order chi connectivity index (χ0) is 16.0. The highest BCUT2D eigenvalue weighted by Crippen LogP contribution is 2.22. The Kier molecular flexibility index (Phi) is 6.78. The van der Waals surface area contributed by atoms with Crippen LogP contribution in [0.15, 0.2) is 18.2 Å². The molecule has 0 aliphatic heterocycles. The van der Waals surface area contributed by atoms with E-state index < -0.39 is 18.0 Å². The number of rotatable bonds is 5. The van der Waals surface area contributed by atoms with Gasteiger partial charge in [0.05, 0.1) is 7.11 Å². The molecule has 0 fully saturated rings. The fourth-order valence-corrected chi connectivity index (χ4v) is 2.26. The van der Waals surface area contributed by atoms with Crippen LogP contribution in [0.2, 0.25) is 10.0 Å². The number of hydrogen-bond donors (Lipinski definition) is 2. The Bertz CT molecular complexity index is 503. The summed E-state index contributed by atoms with van der Waals surface area (Å²) >= 11 is 11.7. The number of anilines is 1. The van der Waals surface area contributed by atoms with Crippen LogP contribution in [0.5, 0.6) is 0 Å². The van der Waals surface area contributed by atoms with Gasteiger partial charge in [-0.3, -0.25) is 0 Å². The zero-order valence-electron chi connectivity index (χ0n) is 12.1. The molecule has 7 heteroatoms. The summed E-state index contributed by atoms with van der Waals surface area (Å²) in [5.41, 5.74) is 0.442. The SMILES string of the molecule is CC[C@@H](C)[C@H](NC(=O)Nc1cc(Cl)cc(Cl)c1)C(=O)OC. The van der Waals surface area contributed by atoms with Gasteiger partial charge in [0.15, 0.2) is 0 Å². The molecule has 5 nitrogen and oxygen atoms in total. The van der Waals surface area contributed by atoms with Crippen molar-refractivity contribution < 1.29 is 14.3 Å². The molecule has 0 spiro atoms. The summed E-state index contributed by atoms with van der Waals surface area (Å²) in [6.45, 7) is 3.79. The maximum absolute atomic E-state index is 12.0. The lowest BCUT2D eigenvalue weighted by Crippen LogP contribution is -2.47. The van der Waals surface area contributed by atoms with Crippen LogP contribution in [-0.2, 0) is 9.53 Å². The molecule has 0 radical (unpaired) electrons. The van der Waals surface area contributed by atoms with Gasteiger partial charge < -0.3 is 15.4 Å². The van der Waals surface area contributed by atoms with E-state index >= 15 is 0 Å². The number of halogens is 2. The Morgan fingerprint density at radius 1 is 1.24 bits per heavy atom. The van der Waals surface area contributed by atoms with Crippen molar-refractivity contribution in [3.63, 3.8) is 0 Å². The maximum Gasteiger partial charge on any atom is 0.328 e. The van der Waals surface area contributed by atoms with Gasteiger partial charge in [-0.2, -0.15) is 0 Å². The molecule has 21 heavy (non-hydrogen) atoms. The number of urea groups is 1. The van der Waals surface area contributed by atoms with Gasteiger partial charge in [-0.25, -0.2) is 9.59 Å². The van der Waals surface area contributed by atoms with Crippen molar-refractivity contribution in [3.8, 4) is 0 Å². The first-order chi connectivity index (χ1) is 9.87. The number of hydrogen-bond acceptors (Lipinski definition) is 3. The van der Waals surface area contributed by atoms with Gasteiger partial charge in [-0.1, -0.05) is 43.5 Å². The largest absolute Gasteiger partial charge is 0.467 e. The maximum atomic E-state index is 12.0. The van der Waals surface area contributed by atoms with Crippen molar-refractivity contribution in [1.82, 2.24) is 5.32 Å². The molecule has 0 aromatic heterocycles. The minimum Gasteiger partial charge on any atom is -0.467 e. The van der Waals surface area contributed by atoms with Crippen molar-refractivity contribution in [2.24, 2.45) is 5.92 Å². The smallest absolute Gasteiger partial charge is 0.328 e. The Morgan fingerprint density at radius 2 is 1.81 bits per heavy atom. The van der Waals surface area contributed by atoms with Gasteiger partial charge in [-0.15, -0.1) is 0 Å². The lowest BCUT2D eigenvalue weighted by atomic mass is 9.99. The van der Waals surface area contributed by atoms with Crippen LogP contribution in [0.25, 0.3) is 0 Å². The average molecular weight is 333 g/mol. The number of benzene rings is 1. The summed E-state index contributed by atoms with van der Waals surface area (Å²) in [7, 11) is 1.29. The summed E-state index contributed by atoms with van der Waals surface area (Å²) in [6, 6.07) is 3.44. The lowest BCUT2D eigenvalue weighted by Gasteiger charge is -2.22. The molecule has 0 aliphatic rings. The minimum atomic E-state index is -0.713. The van der Waals surface area contributed by atoms with Crippen LogP contribution >= 0.6 is 23.2 Å². The molecule has 1 rings (SSSR count). The van der Waals surface area contributed by atoms with Crippen LogP contribution in [0, 0.1) is 5.92 Å². The van der Waals surface area contributed by atoms with E-state index in [0.717, 1.165) is 6.42 Å². The van der Waals surface area contributed by atoms with Crippen molar-refractivity contribution >= 4 is 40.9 Å². The van der Waals surface area contributed by atoms with Crippen LogP contribution in [0.4, 0.5) is 10.5 Å². The highest BCUT2D eigenvalue weighted by atomic mass is 35.5. The van der Waals surface area contributed by atoms with Gasteiger partial charge >= 0.3 is 12.0 Å². The molecule has 1 aromatic rings. The molecular formula is C14H18Cl2N2O3. The van der Waals surface area contributed by atoms with Crippen molar-refractivity contribution in [2.45, 2.75) is 26.3 Å². The van der Waals surface area contributed by atoms with Gasteiger partial charge in [0.2, 0.25) is 0 Å². The van der Waals surface area contributed by atoms with Gasteiger partial charge in [-0.05, 0) is 24.1 Å². The Hall–Kier alpha value is -1.46. The van der Waals surface area contributed by atoms with Gasteiger partial charge in [0.1, 0.15) is 6.04 Å². The van der Waals surface area contributed by atoms with E-state index in [1.807, 2.05) is 13.8 Å². The molecule has 116 valence electrons. The molecular weight excluding hydrogens is 315 g/mol. The quantitative estimate of drug-likeness (QED) is 0.808. The van der Waals surface area contributed by atoms with Gasteiger partial charge in [0, 0.05) is 15.7 Å². The highest BCUT2D eigenvalue weighted by Gasteiger charge is 2.26. The van der Waals surface area contributed by atoms with Crippen LogP contribution in [0.1, 0.15) is 20.3 Å². The predicted molar refractivity (Wildman–Crippen MR) is 83.9 cm³/mol. The fraction of sp³-hybridized carbons (Fsp3) is 0.429. The molecule has 0 unspecified atom stereocenters. The zero-order valence-corrected chi connectivity index (χ0v) is 13.6. The van der Waals surface area contributed by atoms with Gasteiger partial charge in [0.25, 0.3) is 0 Å². The number of esters is 1. The van der Waals surface area contributed by atoms with E-state index in [1.54, 1.807) is 18.2 Å². The fourth-order valence-electron chi connectivity index (χ4n) is 1.73. The second-order valence-electron chi connectivity index (χ2n) is 4.64. The second kappa shape index (κ2) is 8.10. The van der Waals surface area contributed by atoms with Crippen molar-refractivity contribution in [1.29, 1.82) is 0 Å². The van der Waals surface area contributed by atoms with Crippen LogP contribution in [0.3, 0.4) is 0 Å². The van der Waals surface area contributed by atoms with Crippen molar-refractivity contribution in [2.75, 3.05) is 12.4 Å². The highest BCUT2D eigenvalue weighted by molar-refractivity contribution is 6.35. The lowest BCUT2D eigenvalue weighted by molar-refractivity contribution is -0.144. The molecule has 1 aromatic carbocycles. The van der Waals surface area contributed by atoms with E-state index in [2.05, 4.69) is 10.6 Å². The third-order valence-electron chi connectivity index (χ3n) is 3.08. The molecule has 2 N–H and O–H groups in total. The minimum absolute atomic E-state index is 0.0499. The number of ether oxygens (including phenoxy) is 1. The van der Waals surface area contributed by atoms with Crippen molar-refractivity contribution in [3.05, 3.63) is 28.2 Å². The number of carbonyl (C=O) groups is 2. The number of amides is 2. The average Bonchev–Trinajstić information content (AvgIpc) is 2.41. The standard InChI is InChI=1S/C14H18Cl2N2O3/c1-4-8(2)12(13(19)21-3)18-14(20)17-11-6-9(15)5-10(16)7-11/h5-8,12H,4H2,1-3H3,(H2,17,18,20)/t8-,12+/m1/s1. The Balaban J connectivity index is 2.75. The van der Waals surface area contributed by atoms with E-state index in [9.17, 15) is 9.59 Å². The number of carbonyl (C=O) groups excluding carboxylic acids is 2. The third kappa shape index (κ3) is 5.44. The molecule has 0 heterocycles. The Morgan fingerprint density at radius 3 is 2.29 bits per heavy atom. The van der Waals surface area contributed by atoms with E-state index in [4.69, 9.17) is 27.9 Å². The molecule has 2 atom stereocenters. The first kappa shape index (κ1) is 17.6. The second-order valence-corrected chi connectivity index (χ2v) is 5.52. The van der Waals surface area contributed by atoms with Crippen LogP contribution < -0.4 is 10.6 Å². The Labute approximate surface area is 133 Å². The predicted octanol–water partition coefficient (Wildman–Crippen LogP) is 3.70. The van der Waals surface area contributed by atoms with Crippen LogP contribution in [-0.4, -0.2) is 25.2 Å². The normalized spacial score (nSPS) is 13.2. The monoisotopic (exact) mass is 332 g/mol. The number of methoxy groups -OCH3 is 1. The summed E-state index contributed by atoms with van der Waals surface area (Å²) in [5, 5.41) is 5.99. The summed E-state index contributed by atoms with van der Waals surface area (Å²) in [5.74, 6) is -0.533. The molecule has 0 saturated carbocycles. The van der Waals surface area contributed by atoms with E-state index in [-0.39, 0.29) is 5.92 Å².